The Kier molecular flexibility index (Phi) is 3.00. The van der Waals surface area contributed by atoms with Crippen LogP contribution in [0.25, 0.3) is 0 Å². The SMILES string of the molecule is CCC(NC(=O)c1ccn[nH]1)c1ncc[nH]1. The Morgan fingerprint density at radius 3 is 3.00 bits per heavy atom. The van der Waals surface area contributed by atoms with Crippen molar-refractivity contribution in [3.63, 3.8) is 0 Å². The summed E-state index contributed by atoms with van der Waals surface area (Å²) in [7, 11) is 0. The zero-order chi connectivity index (χ0) is 11.4. The molecule has 0 saturated heterocycles. The van der Waals surface area contributed by atoms with Gasteiger partial charge in [0.1, 0.15) is 11.5 Å². The summed E-state index contributed by atoms with van der Waals surface area (Å²) >= 11 is 0. The third-order valence-corrected chi connectivity index (χ3v) is 2.31. The van der Waals surface area contributed by atoms with E-state index in [4.69, 9.17) is 0 Å². The van der Waals surface area contributed by atoms with Crippen molar-refractivity contribution < 1.29 is 4.79 Å². The molecule has 0 fully saturated rings. The average molecular weight is 219 g/mol. The summed E-state index contributed by atoms with van der Waals surface area (Å²) in [4.78, 5) is 18.9. The Morgan fingerprint density at radius 1 is 1.56 bits per heavy atom. The van der Waals surface area contributed by atoms with E-state index < -0.39 is 0 Å². The molecule has 16 heavy (non-hydrogen) atoms. The molecule has 0 radical (unpaired) electrons. The van der Waals surface area contributed by atoms with Gasteiger partial charge in [0.25, 0.3) is 5.91 Å². The van der Waals surface area contributed by atoms with Crippen molar-refractivity contribution in [1.29, 1.82) is 0 Å². The predicted molar refractivity (Wildman–Crippen MR) is 57.7 cm³/mol. The molecule has 84 valence electrons. The van der Waals surface area contributed by atoms with E-state index in [0.29, 0.717) is 5.69 Å². The van der Waals surface area contributed by atoms with Gasteiger partial charge in [-0.3, -0.25) is 9.89 Å². The smallest absolute Gasteiger partial charge is 0.269 e. The summed E-state index contributed by atoms with van der Waals surface area (Å²) in [5.74, 6) is 0.580. The lowest BCUT2D eigenvalue weighted by Gasteiger charge is -2.13. The monoisotopic (exact) mass is 219 g/mol. The molecule has 3 N–H and O–H groups in total. The molecular weight excluding hydrogens is 206 g/mol. The number of aromatic nitrogens is 4. The first-order valence-corrected chi connectivity index (χ1v) is 5.10. The maximum absolute atomic E-state index is 11.7. The zero-order valence-corrected chi connectivity index (χ0v) is 8.90. The molecule has 2 aromatic rings. The van der Waals surface area contributed by atoms with Crippen LogP contribution in [0.3, 0.4) is 0 Å². The summed E-state index contributed by atoms with van der Waals surface area (Å²) in [5, 5.41) is 9.22. The molecular formula is C10H13N5O. The molecule has 6 nitrogen and oxygen atoms in total. The Morgan fingerprint density at radius 2 is 2.44 bits per heavy atom. The fraction of sp³-hybridized carbons (Fsp3) is 0.300. The van der Waals surface area contributed by atoms with Crippen LogP contribution < -0.4 is 5.32 Å². The van der Waals surface area contributed by atoms with Crippen molar-refractivity contribution >= 4 is 5.91 Å². The van der Waals surface area contributed by atoms with Crippen molar-refractivity contribution in [1.82, 2.24) is 25.5 Å². The highest BCUT2D eigenvalue weighted by molar-refractivity contribution is 5.92. The Balaban J connectivity index is 2.05. The number of hydrogen-bond donors (Lipinski definition) is 3. The van der Waals surface area contributed by atoms with Crippen LogP contribution in [0.2, 0.25) is 0 Å². The number of imidazole rings is 1. The average Bonchev–Trinajstić information content (AvgIpc) is 2.96. The number of aromatic amines is 2. The van der Waals surface area contributed by atoms with Gasteiger partial charge in [-0.25, -0.2) is 4.98 Å². The first-order valence-electron chi connectivity index (χ1n) is 5.10. The molecule has 0 aromatic carbocycles. The number of nitrogens with one attached hydrogen (secondary N) is 3. The van der Waals surface area contributed by atoms with Crippen LogP contribution in [-0.4, -0.2) is 26.1 Å². The summed E-state index contributed by atoms with van der Waals surface area (Å²) in [6.45, 7) is 1.99. The first kappa shape index (κ1) is 10.4. The number of carbonyl (C=O) groups excluding carboxylic acids is 1. The molecule has 1 atom stereocenters. The number of carbonyl (C=O) groups is 1. The highest BCUT2D eigenvalue weighted by Crippen LogP contribution is 2.11. The van der Waals surface area contributed by atoms with Gasteiger partial charge in [-0.2, -0.15) is 5.10 Å². The van der Waals surface area contributed by atoms with Gasteiger partial charge in [0.15, 0.2) is 0 Å². The van der Waals surface area contributed by atoms with E-state index >= 15 is 0 Å². The molecule has 0 spiro atoms. The van der Waals surface area contributed by atoms with Crippen molar-refractivity contribution in [3.05, 3.63) is 36.2 Å². The number of amides is 1. The van der Waals surface area contributed by atoms with E-state index in [1.807, 2.05) is 6.92 Å². The molecule has 1 unspecified atom stereocenters. The van der Waals surface area contributed by atoms with E-state index in [-0.39, 0.29) is 11.9 Å². The summed E-state index contributed by atoms with van der Waals surface area (Å²) < 4.78 is 0. The Hall–Kier alpha value is -2.11. The molecule has 6 heteroatoms. The second kappa shape index (κ2) is 4.61. The second-order valence-corrected chi connectivity index (χ2v) is 3.38. The lowest BCUT2D eigenvalue weighted by molar-refractivity contribution is 0.0929. The standard InChI is InChI=1S/C10H13N5O/c1-2-7(9-11-5-6-12-9)14-10(16)8-3-4-13-15-8/h3-7H,2H2,1H3,(H,11,12)(H,13,15)(H,14,16). The van der Waals surface area contributed by atoms with Gasteiger partial charge in [-0.1, -0.05) is 6.92 Å². The van der Waals surface area contributed by atoms with Gasteiger partial charge in [0.05, 0.1) is 6.04 Å². The Labute approximate surface area is 92.5 Å². The Bertz CT molecular complexity index is 434. The fourth-order valence-electron chi connectivity index (χ4n) is 1.45. The molecule has 0 bridgehead atoms. The topological polar surface area (TPSA) is 86.5 Å². The summed E-state index contributed by atoms with van der Waals surface area (Å²) in [6, 6.07) is 1.52. The number of nitrogens with zero attached hydrogens (tertiary/aromatic N) is 2. The second-order valence-electron chi connectivity index (χ2n) is 3.38. The first-order chi connectivity index (χ1) is 7.81. The zero-order valence-electron chi connectivity index (χ0n) is 8.90. The van der Waals surface area contributed by atoms with Crippen LogP contribution in [0.5, 0.6) is 0 Å². The van der Waals surface area contributed by atoms with Crippen molar-refractivity contribution in [2.45, 2.75) is 19.4 Å². The van der Waals surface area contributed by atoms with Crippen LogP contribution in [0.4, 0.5) is 0 Å². The molecule has 0 saturated carbocycles. The minimum absolute atomic E-state index is 0.106. The maximum atomic E-state index is 11.7. The van der Waals surface area contributed by atoms with E-state index in [2.05, 4.69) is 25.5 Å². The van der Waals surface area contributed by atoms with Crippen molar-refractivity contribution in [2.75, 3.05) is 0 Å². The lowest BCUT2D eigenvalue weighted by Crippen LogP contribution is -2.29. The van der Waals surface area contributed by atoms with Crippen molar-refractivity contribution in [2.24, 2.45) is 0 Å². The number of rotatable bonds is 4. The normalized spacial score (nSPS) is 12.3. The molecule has 0 aliphatic heterocycles. The maximum Gasteiger partial charge on any atom is 0.269 e. The van der Waals surface area contributed by atoms with Crippen LogP contribution in [0, 0.1) is 0 Å². The predicted octanol–water partition coefficient (Wildman–Crippen LogP) is 1.01. The molecule has 2 aromatic heterocycles. The van der Waals surface area contributed by atoms with Crippen LogP contribution in [0.1, 0.15) is 35.7 Å². The van der Waals surface area contributed by atoms with E-state index in [1.54, 1.807) is 24.7 Å². The molecule has 1 amide bonds. The number of hydrogen-bond acceptors (Lipinski definition) is 3. The quantitative estimate of drug-likeness (QED) is 0.717. The molecule has 0 aliphatic rings. The number of H-pyrrole nitrogens is 2. The van der Waals surface area contributed by atoms with E-state index in [9.17, 15) is 4.79 Å². The summed E-state index contributed by atoms with van der Waals surface area (Å²) in [5.41, 5.74) is 0.449. The third kappa shape index (κ3) is 2.10. The highest BCUT2D eigenvalue weighted by atomic mass is 16.2. The van der Waals surface area contributed by atoms with Gasteiger partial charge in [0, 0.05) is 18.6 Å². The fourth-order valence-corrected chi connectivity index (χ4v) is 1.45. The van der Waals surface area contributed by atoms with Gasteiger partial charge in [0.2, 0.25) is 0 Å². The highest BCUT2D eigenvalue weighted by Gasteiger charge is 2.16. The van der Waals surface area contributed by atoms with Crippen molar-refractivity contribution in [3.8, 4) is 0 Å². The van der Waals surface area contributed by atoms with Gasteiger partial charge >= 0.3 is 0 Å². The minimum atomic E-state index is -0.180. The van der Waals surface area contributed by atoms with Crippen LogP contribution in [-0.2, 0) is 0 Å². The lowest BCUT2D eigenvalue weighted by atomic mass is 10.2. The molecule has 2 rings (SSSR count). The van der Waals surface area contributed by atoms with Crippen LogP contribution in [0.15, 0.2) is 24.7 Å². The molecule has 0 aliphatic carbocycles. The van der Waals surface area contributed by atoms with E-state index in [1.165, 1.54) is 0 Å². The van der Waals surface area contributed by atoms with Gasteiger partial charge in [-0.05, 0) is 12.5 Å². The molecule has 2 heterocycles. The van der Waals surface area contributed by atoms with Gasteiger partial charge < -0.3 is 10.3 Å². The van der Waals surface area contributed by atoms with Crippen LogP contribution >= 0.6 is 0 Å². The third-order valence-electron chi connectivity index (χ3n) is 2.31. The minimum Gasteiger partial charge on any atom is -0.347 e. The van der Waals surface area contributed by atoms with Gasteiger partial charge in [-0.15, -0.1) is 0 Å². The van der Waals surface area contributed by atoms with E-state index in [0.717, 1.165) is 12.2 Å². The summed E-state index contributed by atoms with van der Waals surface area (Å²) in [6.07, 6.45) is 5.72. The largest absolute Gasteiger partial charge is 0.347 e.